The highest BCUT2D eigenvalue weighted by Gasteiger charge is 2.09. The van der Waals surface area contributed by atoms with Gasteiger partial charge in [-0.2, -0.15) is 15.0 Å². The average molecular weight is 314 g/mol. The van der Waals surface area contributed by atoms with Crippen LogP contribution in [0.3, 0.4) is 0 Å². The van der Waals surface area contributed by atoms with E-state index in [0.29, 0.717) is 35.9 Å². The minimum Gasteiger partial charge on any atom is -0.469 e. The Labute approximate surface area is 129 Å². The molecule has 1 aromatic rings. The summed E-state index contributed by atoms with van der Waals surface area (Å²) in [5.74, 6) is 0.804. The van der Waals surface area contributed by atoms with Gasteiger partial charge in [0.1, 0.15) is 0 Å². The summed E-state index contributed by atoms with van der Waals surface area (Å²) in [7, 11) is 1.37. The average Bonchev–Trinajstić information content (AvgIpc) is 2.50. The smallest absolute Gasteiger partial charge is 0.322 e. The number of nitrogens with zero attached hydrogens (tertiary/aromatic N) is 3. The molecule has 0 amide bonds. The van der Waals surface area contributed by atoms with Crippen LogP contribution >= 0.6 is 11.8 Å². The van der Waals surface area contributed by atoms with Gasteiger partial charge in [0.25, 0.3) is 0 Å². The Morgan fingerprint density at radius 2 is 2.05 bits per heavy atom. The predicted octanol–water partition coefficient (Wildman–Crippen LogP) is 2.14. The van der Waals surface area contributed by atoms with Crippen molar-refractivity contribution in [3.05, 3.63) is 0 Å². The molecule has 0 atom stereocenters. The van der Waals surface area contributed by atoms with Crippen LogP contribution in [0.2, 0.25) is 0 Å². The lowest BCUT2D eigenvalue weighted by atomic mass is 10.5. The summed E-state index contributed by atoms with van der Waals surface area (Å²) in [6, 6.07) is 0.311. The SMILES string of the molecule is CCCNc1nc(OCCC)nc(SCCC(=O)OC)n1. The highest BCUT2D eigenvalue weighted by Crippen LogP contribution is 2.18. The van der Waals surface area contributed by atoms with Gasteiger partial charge in [-0.3, -0.25) is 4.79 Å². The molecular weight excluding hydrogens is 292 g/mol. The Kier molecular flexibility index (Phi) is 8.49. The normalized spacial score (nSPS) is 10.2. The van der Waals surface area contributed by atoms with E-state index < -0.39 is 0 Å². The van der Waals surface area contributed by atoms with Crippen LogP contribution in [0.4, 0.5) is 5.95 Å². The monoisotopic (exact) mass is 314 g/mol. The second-order valence-electron chi connectivity index (χ2n) is 4.17. The number of rotatable bonds is 10. The number of hydrogen-bond donors (Lipinski definition) is 1. The number of hydrogen-bond acceptors (Lipinski definition) is 8. The van der Waals surface area contributed by atoms with Gasteiger partial charge in [0.2, 0.25) is 5.95 Å². The van der Waals surface area contributed by atoms with E-state index in [1.165, 1.54) is 18.9 Å². The molecule has 0 unspecified atom stereocenters. The zero-order valence-corrected chi connectivity index (χ0v) is 13.5. The maximum Gasteiger partial charge on any atom is 0.322 e. The molecule has 0 fully saturated rings. The Morgan fingerprint density at radius 3 is 2.71 bits per heavy atom. The number of methoxy groups -OCH3 is 1. The van der Waals surface area contributed by atoms with Gasteiger partial charge in [-0.1, -0.05) is 25.6 Å². The number of esters is 1. The quantitative estimate of drug-likeness (QED) is 0.519. The number of aromatic nitrogens is 3. The second kappa shape index (κ2) is 10.2. The molecule has 0 aromatic carbocycles. The van der Waals surface area contributed by atoms with Crippen molar-refractivity contribution in [2.75, 3.05) is 31.3 Å². The van der Waals surface area contributed by atoms with Gasteiger partial charge in [0.05, 0.1) is 20.1 Å². The summed E-state index contributed by atoms with van der Waals surface area (Å²) < 4.78 is 10.1. The van der Waals surface area contributed by atoms with E-state index in [4.69, 9.17) is 4.74 Å². The molecule has 1 heterocycles. The number of ether oxygens (including phenoxy) is 2. The van der Waals surface area contributed by atoms with Crippen molar-refractivity contribution >= 4 is 23.7 Å². The first-order chi connectivity index (χ1) is 10.2. The van der Waals surface area contributed by atoms with Gasteiger partial charge in [0, 0.05) is 12.3 Å². The largest absolute Gasteiger partial charge is 0.469 e. The maximum absolute atomic E-state index is 11.1. The van der Waals surface area contributed by atoms with Crippen LogP contribution in [0, 0.1) is 0 Å². The van der Waals surface area contributed by atoms with Crippen molar-refractivity contribution in [3.63, 3.8) is 0 Å². The highest BCUT2D eigenvalue weighted by molar-refractivity contribution is 7.99. The van der Waals surface area contributed by atoms with Crippen LogP contribution in [0.1, 0.15) is 33.1 Å². The van der Waals surface area contributed by atoms with Crippen LogP contribution in [-0.4, -0.2) is 46.9 Å². The first-order valence-corrected chi connectivity index (χ1v) is 8.00. The van der Waals surface area contributed by atoms with Crippen molar-refractivity contribution in [1.82, 2.24) is 15.0 Å². The number of thioether (sulfide) groups is 1. The summed E-state index contributed by atoms with van der Waals surface area (Å²) in [4.78, 5) is 23.8. The van der Waals surface area contributed by atoms with Crippen molar-refractivity contribution in [1.29, 1.82) is 0 Å². The summed E-state index contributed by atoms with van der Waals surface area (Å²) in [6.07, 6.45) is 2.17. The summed E-state index contributed by atoms with van der Waals surface area (Å²) in [5.41, 5.74) is 0. The van der Waals surface area contributed by atoms with E-state index in [1.807, 2.05) is 6.92 Å². The van der Waals surface area contributed by atoms with Crippen molar-refractivity contribution in [2.45, 2.75) is 38.3 Å². The van der Waals surface area contributed by atoms with Gasteiger partial charge in [-0.05, 0) is 12.8 Å². The van der Waals surface area contributed by atoms with E-state index in [9.17, 15) is 4.79 Å². The summed E-state index contributed by atoms with van der Waals surface area (Å²) >= 11 is 1.38. The Morgan fingerprint density at radius 1 is 1.24 bits per heavy atom. The zero-order chi connectivity index (χ0) is 15.5. The van der Waals surface area contributed by atoms with Crippen molar-refractivity contribution < 1.29 is 14.3 Å². The zero-order valence-electron chi connectivity index (χ0n) is 12.7. The number of carbonyl (C=O) groups excluding carboxylic acids is 1. The summed E-state index contributed by atoms with van der Waals surface area (Å²) in [5, 5.41) is 3.66. The fraction of sp³-hybridized carbons (Fsp3) is 0.692. The van der Waals surface area contributed by atoms with Gasteiger partial charge in [0.15, 0.2) is 5.16 Å². The fourth-order valence-corrected chi connectivity index (χ4v) is 2.05. The molecule has 7 nitrogen and oxygen atoms in total. The van der Waals surface area contributed by atoms with Crippen molar-refractivity contribution in [2.24, 2.45) is 0 Å². The molecular formula is C13H22N4O3S. The third-order valence-electron chi connectivity index (χ3n) is 2.33. The topological polar surface area (TPSA) is 86.2 Å². The highest BCUT2D eigenvalue weighted by atomic mass is 32.2. The molecule has 0 aliphatic carbocycles. The molecule has 0 aliphatic rings. The van der Waals surface area contributed by atoms with E-state index in [1.54, 1.807) is 0 Å². The van der Waals surface area contributed by atoms with Gasteiger partial charge < -0.3 is 14.8 Å². The molecule has 8 heteroatoms. The molecule has 0 saturated heterocycles. The fourth-order valence-electron chi connectivity index (χ4n) is 1.30. The molecule has 1 N–H and O–H groups in total. The number of carbonyl (C=O) groups is 1. The molecule has 118 valence electrons. The van der Waals surface area contributed by atoms with Gasteiger partial charge in [-0.15, -0.1) is 0 Å². The van der Waals surface area contributed by atoms with Crippen LogP contribution in [0.5, 0.6) is 6.01 Å². The first-order valence-electron chi connectivity index (χ1n) is 7.02. The lowest BCUT2D eigenvalue weighted by Gasteiger charge is -2.08. The molecule has 1 aromatic heterocycles. The molecule has 1 rings (SSSR count). The number of nitrogens with one attached hydrogen (secondary N) is 1. The van der Waals surface area contributed by atoms with Crippen molar-refractivity contribution in [3.8, 4) is 6.01 Å². The van der Waals surface area contributed by atoms with E-state index in [-0.39, 0.29) is 5.97 Å². The molecule has 0 spiro atoms. The lowest BCUT2D eigenvalue weighted by Crippen LogP contribution is -2.09. The van der Waals surface area contributed by atoms with Gasteiger partial charge >= 0.3 is 12.0 Å². The molecule has 0 aliphatic heterocycles. The van der Waals surface area contributed by atoms with Crippen LogP contribution in [0.15, 0.2) is 5.16 Å². The molecule has 0 saturated carbocycles. The predicted molar refractivity (Wildman–Crippen MR) is 81.8 cm³/mol. The summed E-state index contributed by atoms with van der Waals surface area (Å²) in [6.45, 7) is 5.42. The lowest BCUT2D eigenvalue weighted by molar-refractivity contribution is -0.140. The number of anilines is 1. The van der Waals surface area contributed by atoms with Gasteiger partial charge in [-0.25, -0.2) is 0 Å². The molecule has 21 heavy (non-hydrogen) atoms. The first kappa shape index (κ1) is 17.5. The minimum atomic E-state index is -0.247. The maximum atomic E-state index is 11.1. The van der Waals surface area contributed by atoms with Crippen LogP contribution < -0.4 is 10.1 Å². The minimum absolute atomic E-state index is 0.247. The molecule has 0 radical (unpaired) electrons. The second-order valence-corrected chi connectivity index (χ2v) is 5.24. The molecule has 0 bridgehead atoms. The Bertz CT molecular complexity index is 419. The van der Waals surface area contributed by atoms with Crippen LogP contribution in [-0.2, 0) is 9.53 Å². The third-order valence-corrected chi connectivity index (χ3v) is 3.18. The van der Waals surface area contributed by atoms with E-state index in [0.717, 1.165) is 19.4 Å². The third kappa shape index (κ3) is 7.12. The van der Waals surface area contributed by atoms with E-state index in [2.05, 4.69) is 31.9 Å². The van der Waals surface area contributed by atoms with E-state index >= 15 is 0 Å². The Hall–Kier alpha value is -1.57. The standard InChI is InChI=1S/C13H22N4O3S/c1-4-7-14-11-15-12(20-8-5-2)17-13(16-11)21-9-6-10(18)19-3/h4-9H2,1-3H3,(H,14,15,16,17). The Balaban J connectivity index is 2.68. The van der Waals surface area contributed by atoms with Crippen LogP contribution in [0.25, 0.3) is 0 Å².